The van der Waals surface area contributed by atoms with Crippen LogP contribution in [0.25, 0.3) is 0 Å². The molecular formula is C9H12N2O3. The molecule has 0 fully saturated rings. The van der Waals surface area contributed by atoms with Gasteiger partial charge in [0.1, 0.15) is 5.76 Å². The van der Waals surface area contributed by atoms with Crippen LogP contribution in [-0.4, -0.2) is 30.7 Å². The monoisotopic (exact) mass is 196 g/mol. The first-order valence-corrected chi connectivity index (χ1v) is 4.12. The van der Waals surface area contributed by atoms with Crippen LogP contribution in [0.3, 0.4) is 0 Å². The summed E-state index contributed by atoms with van der Waals surface area (Å²) in [6.07, 6.45) is 0.636. The normalized spacial score (nSPS) is 10.4. The van der Waals surface area contributed by atoms with Gasteiger partial charge in [-0.1, -0.05) is 0 Å². The smallest absolute Gasteiger partial charge is 0.231 e. The Balaban J connectivity index is 2.51. The zero-order chi connectivity index (χ0) is 10.6. The van der Waals surface area contributed by atoms with Crippen molar-refractivity contribution in [1.82, 2.24) is 4.90 Å². The van der Waals surface area contributed by atoms with E-state index in [0.717, 1.165) is 0 Å². The molecule has 1 rings (SSSR count). The lowest BCUT2D eigenvalue weighted by Gasteiger charge is -2.11. The average molecular weight is 196 g/mol. The minimum atomic E-state index is -0.394. The van der Waals surface area contributed by atoms with Crippen LogP contribution in [0.5, 0.6) is 0 Å². The molecule has 1 amide bonds. The Labute approximate surface area is 81.5 Å². The first-order valence-electron chi connectivity index (χ1n) is 4.12. The van der Waals surface area contributed by atoms with E-state index in [1.165, 1.54) is 0 Å². The van der Waals surface area contributed by atoms with Crippen LogP contribution in [-0.2, 0) is 11.3 Å². The Bertz CT molecular complexity index is 333. The minimum absolute atomic E-state index is 0.164. The maximum absolute atomic E-state index is 10.6. The summed E-state index contributed by atoms with van der Waals surface area (Å²) in [5, 5.41) is 0. The van der Waals surface area contributed by atoms with E-state index in [1.807, 2.05) is 0 Å². The van der Waals surface area contributed by atoms with Gasteiger partial charge in [0.05, 0.1) is 13.1 Å². The van der Waals surface area contributed by atoms with Crippen LogP contribution >= 0.6 is 0 Å². The number of aldehydes is 1. The maximum atomic E-state index is 10.6. The number of likely N-dealkylation sites (N-methyl/N-ethyl adjacent to an activating group) is 1. The number of hydrogen-bond donors (Lipinski definition) is 1. The Hall–Kier alpha value is -1.62. The second-order valence-electron chi connectivity index (χ2n) is 3.06. The molecular weight excluding hydrogens is 184 g/mol. The number of nitrogens with two attached hydrogens (primary N) is 1. The van der Waals surface area contributed by atoms with Gasteiger partial charge in [-0.05, 0) is 19.2 Å². The van der Waals surface area contributed by atoms with Crippen molar-refractivity contribution in [2.24, 2.45) is 5.73 Å². The van der Waals surface area contributed by atoms with Gasteiger partial charge < -0.3 is 10.2 Å². The van der Waals surface area contributed by atoms with Crippen molar-refractivity contribution in [2.45, 2.75) is 6.54 Å². The first-order chi connectivity index (χ1) is 6.61. The molecule has 0 bridgehead atoms. The van der Waals surface area contributed by atoms with Crippen molar-refractivity contribution in [2.75, 3.05) is 13.6 Å². The van der Waals surface area contributed by atoms with Gasteiger partial charge in [-0.15, -0.1) is 0 Å². The van der Waals surface area contributed by atoms with Crippen molar-refractivity contribution < 1.29 is 14.0 Å². The van der Waals surface area contributed by atoms with E-state index in [-0.39, 0.29) is 12.3 Å². The van der Waals surface area contributed by atoms with E-state index in [1.54, 1.807) is 24.1 Å². The minimum Gasteiger partial charge on any atom is -0.457 e. The molecule has 1 aromatic rings. The van der Waals surface area contributed by atoms with Crippen molar-refractivity contribution >= 4 is 12.2 Å². The number of nitrogens with zero attached hydrogens (tertiary/aromatic N) is 1. The molecule has 0 unspecified atom stereocenters. The molecule has 14 heavy (non-hydrogen) atoms. The standard InChI is InChI=1S/C9H12N2O3/c1-11(5-9(10)13)4-7-2-3-8(6-12)14-7/h2-3,6H,4-5H2,1H3,(H2,10,13). The largest absolute Gasteiger partial charge is 0.457 e. The molecule has 1 heterocycles. The SMILES string of the molecule is CN(CC(N)=O)Cc1ccc(C=O)o1. The summed E-state index contributed by atoms with van der Waals surface area (Å²) >= 11 is 0. The van der Waals surface area contributed by atoms with Gasteiger partial charge >= 0.3 is 0 Å². The van der Waals surface area contributed by atoms with Crippen LogP contribution in [0, 0.1) is 0 Å². The third kappa shape index (κ3) is 3.02. The Morgan fingerprint density at radius 2 is 2.36 bits per heavy atom. The molecule has 0 atom stereocenters. The van der Waals surface area contributed by atoms with Crippen LogP contribution < -0.4 is 5.73 Å². The third-order valence-electron chi connectivity index (χ3n) is 1.65. The summed E-state index contributed by atoms with van der Waals surface area (Å²) in [6.45, 7) is 0.619. The van der Waals surface area contributed by atoms with Crippen molar-refractivity contribution in [1.29, 1.82) is 0 Å². The molecule has 0 aliphatic rings. The van der Waals surface area contributed by atoms with E-state index in [0.29, 0.717) is 18.6 Å². The second-order valence-corrected chi connectivity index (χ2v) is 3.06. The number of hydrogen-bond acceptors (Lipinski definition) is 4. The lowest BCUT2D eigenvalue weighted by molar-refractivity contribution is -0.119. The zero-order valence-corrected chi connectivity index (χ0v) is 7.90. The fourth-order valence-electron chi connectivity index (χ4n) is 1.13. The summed E-state index contributed by atoms with van der Waals surface area (Å²) in [5.74, 6) is 0.526. The molecule has 76 valence electrons. The average Bonchev–Trinajstić information content (AvgIpc) is 2.50. The number of carbonyl (C=O) groups excluding carboxylic acids is 2. The molecule has 0 aliphatic heterocycles. The van der Waals surface area contributed by atoms with Crippen molar-refractivity contribution in [3.8, 4) is 0 Å². The summed E-state index contributed by atoms with van der Waals surface area (Å²) in [5.41, 5.74) is 5.01. The molecule has 5 heteroatoms. The number of furan rings is 1. The summed E-state index contributed by atoms with van der Waals surface area (Å²) in [6, 6.07) is 3.28. The summed E-state index contributed by atoms with van der Waals surface area (Å²) < 4.78 is 5.12. The van der Waals surface area contributed by atoms with Crippen LogP contribution in [0.2, 0.25) is 0 Å². The molecule has 2 N–H and O–H groups in total. The predicted molar refractivity (Wildman–Crippen MR) is 49.6 cm³/mol. The van der Waals surface area contributed by atoms with Gasteiger partial charge in [0.2, 0.25) is 5.91 Å². The molecule has 0 saturated carbocycles. The first kappa shape index (κ1) is 10.5. The van der Waals surface area contributed by atoms with Gasteiger partial charge in [-0.3, -0.25) is 14.5 Å². The van der Waals surface area contributed by atoms with Crippen LogP contribution in [0.15, 0.2) is 16.5 Å². The van der Waals surface area contributed by atoms with Gasteiger partial charge in [0.25, 0.3) is 0 Å². The van der Waals surface area contributed by atoms with Gasteiger partial charge in [-0.25, -0.2) is 0 Å². The summed E-state index contributed by atoms with van der Waals surface area (Å²) in [4.78, 5) is 22.6. The molecule has 0 spiro atoms. The van der Waals surface area contributed by atoms with E-state index in [9.17, 15) is 9.59 Å². The number of amides is 1. The fourth-order valence-corrected chi connectivity index (χ4v) is 1.13. The second kappa shape index (κ2) is 4.57. The highest BCUT2D eigenvalue weighted by molar-refractivity contribution is 5.75. The quantitative estimate of drug-likeness (QED) is 0.673. The molecule has 1 aromatic heterocycles. The highest BCUT2D eigenvalue weighted by Crippen LogP contribution is 2.07. The number of carbonyl (C=O) groups is 2. The van der Waals surface area contributed by atoms with Crippen molar-refractivity contribution in [3.05, 3.63) is 23.7 Å². The lowest BCUT2D eigenvalue weighted by Crippen LogP contribution is -2.30. The Morgan fingerprint density at radius 1 is 1.64 bits per heavy atom. The molecule has 0 aliphatic carbocycles. The van der Waals surface area contributed by atoms with Gasteiger partial charge in [0.15, 0.2) is 12.0 Å². The Morgan fingerprint density at radius 3 is 2.86 bits per heavy atom. The topological polar surface area (TPSA) is 76.5 Å². The number of rotatable bonds is 5. The number of primary amides is 1. The van der Waals surface area contributed by atoms with E-state index in [2.05, 4.69) is 0 Å². The molecule has 0 radical (unpaired) electrons. The Kier molecular flexibility index (Phi) is 3.41. The van der Waals surface area contributed by atoms with Gasteiger partial charge in [-0.2, -0.15) is 0 Å². The maximum Gasteiger partial charge on any atom is 0.231 e. The lowest BCUT2D eigenvalue weighted by atomic mass is 10.4. The molecule has 0 aromatic carbocycles. The summed E-state index contributed by atoms with van der Waals surface area (Å²) in [7, 11) is 1.74. The highest BCUT2D eigenvalue weighted by Gasteiger charge is 2.06. The zero-order valence-electron chi connectivity index (χ0n) is 7.90. The predicted octanol–water partition coefficient (Wildman–Crippen LogP) is 0.00920. The third-order valence-corrected chi connectivity index (χ3v) is 1.65. The van der Waals surface area contributed by atoms with E-state index < -0.39 is 5.91 Å². The van der Waals surface area contributed by atoms with Crippen LogP contribution in [0.1, 0.15) is 16.3 Å². The van der Waals surface area contributed by atoms with Crippen molar-refractivity contribution in [3.63, 3.8) is 0 Å². The van der Waals surface area contributed by atoms with Crippen LogP contribution in [0.4, 0.5) is 0 Å². The highest BCUT2D eigenvalue weighted by atomic mass is 16.3. The van der Waals surface area contributed by atoms with E-state index >= 15 is 0 Å². The molecule has 0 saturated heterocycles. The van der Waals surface area contributed by atoms with E-state index in [4.69, 9.17) is 10.2 Å². The molecule has 5 nitrogen and oxygen atoms in total. The fraction of sp³-hybridized carbons (Fsp3) is 0.333. The van der Waals surface area contributed by atoms with Gasteiger partial charge in [0, 0.05) is 0 Å².